The number of aromatic carboxylic acids is 1. The molecule has 0 aliphatic rings. The highest BCUT2D eigenvalue weighted by Gasteiger charge is 2.16. The van der Waals surface area contributed by atoms with Gasteiger partial charge < -0.3 is 15.7 Å². The van der Waals surface area contributed by atoms with E-state index in [4.69, 9.17) is 5.11 Å². The zero-order valence-corrected chi connectivity index (χ0v) is 10.7. The third-order valence-electron chi connectivity index (χ3n) is 1.89. The van der Waals surface area contributed by atoms with Crippen LogP contribution in [0.25, 0.3) is 0 Å². The number of rotatable bonds is 5. The van der Waals surface area contributed by atoms with Crippen molar-refractivity contribution in [1.82, 2.24) is 10.3 Å². The smallest absolute Gasteiger partial charge is 0.355 e. The Kier molecular flexibility index (Phi) is 4.45. The average molecular weight is 257 g/mol. The lowest BCUT2D eigenvalue weighted by molar-refractivity contribution is -0.122. The number of nitrogens with one attached hydrogen (secondary N) is 2. The molecule has 94 valence electrons. The van der Waals surface area contributed by atoms with Crippen LogP contribution in [-0.4, -0.2) is 34.1 Å². The van der Waals surface area contributed by atoms with Crippen LogP contribution in [0, 0.1) is 0 Å². The molecular weight excluding hydrogens is 242 g/mol. The maximum Gasteiger partial charge on any atom is 0.355 e. The Morgan fingerprint density at radius 1 is 1.41 bits per heavy atom. The van der Waals surface area contributed by atoms with Crippen molar-refractivity contribution in [3.63, 3.8) is 0 Å². The Morgan fingerprint density at radius 2 is 2.06 bits per heavy atom. The number of carbonyl (C=O) groups excluding carboxylic acids is 1. The highest BCUT2D eigenvalue weighted by Crippen LogP contribution is 2.16. The van der Waals surface area contributed by atoms with E-state index >= 15 is 0 Å². The molecule has 1 aromatic heterocycles. The Balaban J connectivity index is 2.58. The fourth-order valence-electron chi connectivity index (χ4n) is 1.10. The van der Waals surface area contributed by atoms with Gasteiger partial charge in [-0.25, -0.2) is 9.78 Å². The van der Waals surface area contributed by atoms with E-state index in [1.807, 2.05) is 13.8 Å². The largest absolute Gasteiger partial charge is 0.476 e. The van der Waals surface area contributed by atoms with E-state index in [9.17, 15) is 9.59 Å². The fourth-order valence-corrected chi connectivity index (χ4v) is 1.87. The number of amides is 1. The summed E-state index contributed by atoms with van der Waals surface area (Å²) in [5.41, 5.74) is -0.0195. The fraction of sp³-hybridized carbons (Fsp3) is 0.500. The van der Waals surface area contributed by atoms with Crippen molar-refractivity contribution in [2.45, 2.75) is 32.9 Å². The molecule has 0 aliphatic carbocycles. The van der Waals surface area contributed by atoms with Crippen LogP contribution >= 0.6 is 11.3 Å². The summed E-state index contributed by atoms with van der Waals surface area (Å²) in [6.45, 7) is 5.44. The van der Waals surface area contributed by atoms with E-state index in [0.717, 1.165) is 11.3 Å². The maximum atomic E-state index is 11.6. The van der Waals surface area contributed by atoms with E-state index in [2.05, 4.69) is 15.6 Å². The summed E-state index contributed by atoms with van der Waals surface area (Å²) in [6, 6.07) is -0.386. The molecule has 1 unspecified atom stereocenters. The van der Waals surface area contributed by atoms with E-state index in [0.29, 0.717) is 5.13 Å². The lowest BCUT2D eigenvalue weighted by atomic mass is 10.3. The summed E-state index contributed by atoms with van der Waals surface area (Å²) in [7, 11) is 0. The van der Waals surface area contributed by atoms with Crippen molar-refractivity contribution < 1.29 is 14.7 Å². The molecule has 0 aromatic carbocycles. The Bertz CT molecular complexity index is 417. The first-order valence-corrected chi connectivity index (χ1v) is 6.04. The summed E-state index contributed by atoms with van der Waals surface area (Å²) >= 11 is 1.16. The van der Waals surface area contributed by atoms with Gasteiger partial charge in [-0.15, -0.1) is 11.3 Å². The van der Waals surface area contributed by atoms with Gasteiger partial charge in [-0.05, 0) is 20.8 Å². The first-order valence-electron chi connectivity index (χ1n) is 5.16. The first-order chi connectivity index (χ1) is 7.90. The van der Waals surface area contributed by atoms with E-state index < -0.39 is 12.0 Å². The molecule has 17 heavy (non-hydrogen) atoms. The van der Waals surface area contributed by atoms with Gasteiger partial charge in [0.2, 0.25) is 5.91 Å². The van der Waals surface area contributed by atoms with Crippen LogP contribution in [0.1, 0.15) is 31.3 Å². The van der Waals surface area contributed by atoms with Crippen molar-refractivity contribution in [2.75, 3.05) is 5.32 Å². The molecule has 0 saturated heterocycles. The normalized spacial score (nSPS) is 12.2. The summed E-state index contributed by atoms with van der Waals surface area (Å²) in [4.78, 5) is 26.0. The van der Waals surface area contributed by atoms with Gasteiger partial charge in [-0.1, -0.05) is 0 Å². The van der Waals surface area contributed by atoms with Gasteiger partial charge in [0.1, 0.15) is 6.04 Å². The molecule has 0 saturated carbocycles. The van der Waals surface area contributed by atoms with Crippen LogP contribution < -0.4 is 10.6 Å². The lowest BCUT2D eigenvalue weighted by Gasteiger charge is -2.15. The van der Waals surface area contributed by atoms with E-state index in [1.54, 1.807) is 6.92 Å². The minimum atomic E-state index is -1.08. The van der Waals surface area contributed by atoms with Crippen molar-refractivity contribution in [3.8, 4) is 0 Å². The monoisotopic (exact) mass is 257 g/mol. The van der Waals surface area contributed by atoms with E-state index in [1.165, 1.54) is 5.38 Å². The minimum Gasteiger partial charge on any atom is -0.476 e. The molecular formula is C10H15N3O3S. The van der Waals surface area contributed by atoms with Gasteiger partial charge >= 0.3 is 5.97 Å². The quantitative estimate of drug-likeness (QED) is 0.736. The highest BCUT2D eigenvalue weighted by molar-refractivity contribution is 7.13. The number of aromatic nitrogens is 1. The second kappa shape index (κ2) is 5.62. The highest BCUT2D eigenvalue weighted by atomic mass is 32.1. The number of carboxylic acid groups (broad SMARTS) is 1. The molecule has 1 amide bonds. The minimum absolute atomic E-state index is 0.0195. The van der Waals surface area contributed by atoms with Crippen molar-refractivity contribution >= 4 is 28.3 Å². The van der Waals surface area contributed by atoms with Crippen LogP contribution in [0.2, 0.25) is 0 Å². The molecule has 7 heteroatoms. The van der Waals surface area contributed by atoms with E-state index in [-0.39, 0.29) is 17.6 Å². The second-order valence-corrected chi connectivity index (χ2v) is 4.73. The SMILES string of the molecule is CC(C)NC(=O)C(C)Nc1nc(C(=O)O)cs1. The molecule has 6 nitrogen and oxygen atoms in total. The number of hydrogen-bond acceptors (Lipinski definition) is 5. The summed E-state index contributed by atoms with van der Waals surface area (Å²) < 4.78 is 0. The third kappa shape index (κ3) is 4.03. The van der Waals surface area contributed by atoms with Crippen LogP contribution in [0.3, 0.4) is 0 Å². The van der Waals surface area contributed by atoms with Crippen LogP contribution in [0.5, 0.6) is 0 Å². The van der Waals surface area contributed by atoms with Gasteiger partial charge in [0, 0.05) is 11.4 Å². The molecule has 0 fully saturated rings. The average Bonchev–Trinajstić information content (AvgIpc) is 2.65. The van der Waals surface area contributed by atoms with Gasteiger partial charge in [0.25, 0.3) is 0 Å². The van der Waals surface area contributed by atoms with Crippen molar-refractivity contribution in [1.29, 1.82) is 0 Å². The van der Waals surface area contributed by atoms with Gasteiger partial charge in [-0.3, -0.25) is 4.79 Å². The molecule has 0 radical (unpaired) electrons. The van der Waals surface area contributed by atoms with Gasteiger partial charge in [-0.2, -0.15) is 0 Å². The lowest BCUT2D eigenvalue weighted by Crippen LogP contribution is -2.40. The summed E-state index contributed by atoms with van der Waals surface area (Å²) in [5, 5.41) is 16.2. The standard InChI is InChI=1S/C10H15N3O3S/c1-5(2)11-8(14)6(3)12-10-13-7(4-17-10)9(15)16/h4-6H,1-3H3,(H,11,14)(H,12,13)(H,15,16). The molecule has 1 atom stereocenters. The van der Waals surface area contributed by atoms with Crippen LogP contribution in [0.4, 0.5) is 5.13 Å². The second-order valence-electron chi connectivity index (χ2n) is 3.87. The molecule has 1 heterocycles. The van der Waals surface area contributed by atoms with Crippen LogP contribution in [-0.2, 0) is 4.79 Å². The molecule has 3 N–H and O–H groups in total. The molecule has 0 spiro atoms. The Labute approximate surface area is 103 Å². The van der Waals surface area contributed by atoms with Crippen molar-refractivity contribution in [3.05, 3.63) is 11.1 Å². The summed E-state index contributed by atoms with van der Waals surface area (Å²) in [6.07, 6.45) is 0. The van der Waals surface area contributed by atoms with Gasteiger partial charge in [0.05, 0.1) is 0 Å². The predicted molar refractivity (Wildman–Crippen MR) is 65.4 cm³/mol. The number of thiazole rings is 1. The zero-order chi connectivity index (χ0) is 13.0. The van der Waals surface area contributed by atoms with Crippen molar-refractivity contribution in [2.24, 2.45) is 0 Å². The number of hydrogen-bond donors (Lipinski definition) is 3. The summed E-state index contributed by atoms with van der Waals surface area (Å²) in [5.74, 6) is -1.22. The molecule has 1 rings (SSSR count). The maximum absolute atomic E-state index is 11.6. The number of carbonyl (C=O) groups is 2. The first kappa shape index (κ1) is 13.4. The third-order valence-corrected chi connectivity index (χ3v) is 2.66. The molecule has 0 aliphatic heterocycles. The molecule has 0 bridgehead atoms. The predicted octanol–water partition coefficient (Wildman–Crippen LogP) is 1.17. The Hall–Kier alpha value is -1.63. The Morgan fingerprint density at radius 3 is 2.53 bits per heavy atom. The zero-order valence-electron chi connectivity index (χ0n) is 9.85. The van der Waals surface area contributed by atoms with Crippen LogP contribution in [0.15, 0.2) is 5.38 Å². The number of carboxylic acids is 1. The number of anilines is 1. The molecule has 1 aromatic rings. The number of nitrogens with zero attached hydrogens (tertiary/aromatic N) is 1. The van der Waals surface area contributed by atoms with Gasteiger partial charge in [0.15, 0.2) is 10.8 Å². The topological polar surface area (TPSA) is 91.3 Å².